The summed E-state index contributed by atoms with van der Waals surface area (Å²) in [6.07, 6.45) is 0.644. The molecule has 0 aromatic heterocycles. The summed E-state index contributed by atoms with van der Waals surface area (Å²) in [7, 11) is -3.78. The van der Waals surface area contributed by atoms with E-state index in [0.29, 0.717) is 6.42 Å². The van der Waals surface area contributed by atoms with E-state index in [9.17, 15) is 17.2 Å². The summed E-state index contributed by atoms with van der Waals surface area (Å²) in [5.74, 6) is -1.00. The fraction of sp³-hybridized carbons (Fsp3) is 0.250. The van der Waals surface area contributed by atoms with Crippen LogP contribution >= 0.6 is 0 Å². The fourth-order valence-electron chi connectivity index (χ4n) is 2.32. The summed E-state index contributed by atoms with van der Waals surface area (Å²) < 4.78 is 49.7. The van der Waals surface area contributed by atoms with E-state index in [1.54, 1.807) is 12.1 Å². The summed E-state index contributed by atoms with van der Waals surface area (Å²) in [5, 5.41) is 8.24. The molecule has 2 aromatic rings. The smallest absolute Gasteiger partial charge is 0.238 e. The number of hydrogen-bond acceptors (Lipinski definition) is 3. The van der Waals surface area contributed by atoms with Gasteiger partial charge in [-0.05, 0) is 42.3 Å². The molecule has 124 valence electrons. The van der Waals surface area contributed by atoms with Crippen molar-refractivity contribution in [2.45, 2.75) is 30.8 Å². The van der Waals surface area contributed by atoms with Crippen LogP contribution < -0.4 is 10.5 Å². The van der Waals surface area contributed by atoms with E-state index in [4.69, 9.17) is 5.14 Å². The molecule has 0 saturated heterocycles. The highest BCUT2D eigenvalue weighted by molar-refractivity contribution is 7.89. The Balaban J connectivity index is 2.19. The number of sulfonamides is 1. The van der Waals surface area contributed by atoms with Crippen LogP contribution in [0.2, 0.25) is 0 Å². The van der Waals surface area contributed by atoms with Gasteiger partial charge in [-0.15, -0.1) is 0 Å². The van der Waals surface area contributed by atoms with Crippen LogP contribution in [-0.4, -0.2) is 8.42 Å². The highest BCUT2D eigenvalue weighted by Crippen LogP contribution is 2.21. The van der Waals surface area contributed by atoms with Gasteiger partial charge in [-0.2, -0.15) is 0 Å². The monoisotopic (exact) mass is 340 g/mol. The van der Waals surface area contributed by atoms with Crippen LogP contribution in [0.25, 0.3) is 0 Å². The van der Waals surface area contributed by atoms with Crippen LogP contribution in [-0.2, 0) is 16.6 Å². The lowest BCUT2D eigenvalue weighted by Gasteiger charge is -2.18. The highest BCUT2D eigenvalue weighted by Gasteiger charge is 2.14. The molecule has 2 aromatic carbocycles. The van der Waals surface area contributed by atoms with Crippen LogP contribution in [0.4, 0.5) is 8.78 Å². The van der Waals surface area contributed by atoms with Crippen molar-refractivity contribution in [3.8, 4) is 0 Å². The van der Waals surface area contributed by atoms with Crippen molar-refractivity contribution in [2.24, 2.45) is 5.14 Å². The van der Waals surface area contributed by atoms with Gasteiger partial charge in [0.05, 0.1) is 4.90 Å². The molecule has 0 fully saturated rings. The quantitative estimate of drug-likeness (QED) is 0.849. The Bertz CT molecular complexity index is 794. The standard InChI is InChI=1S/C16H18F2N2O2S/c1-2-16(11-4-3-5-14(9-11)23(19,21)22)20-10-12-8-13(17)6-7-15(12)18/h3-9,16,20H,2,10H2,1H3,(H2,19,21,22). The molecule has 0 spiro atoms. The molecule has 0 saturated carbocycles. The second-order valence-electron chi connectivity index (χ2n) is 5.19. The molecule has 0 aliphatic carbocycles. The lowest BCUT2D eigenvalue weighted by atomic mass is 10.0. The molecule has 7 heteroatoms. The van der Waals surface area contributed by atoms with Gasteiger partial charge in [-0.1, -0.05) is 19.1 Å². The van der Waals surface area contributed by atoms with Gasteiger partial charge in [0, 0.05) is 18.2 Å². The maximum Gasteiger partial charge on any atom is 0.238 e. The zero-order chi connectivity index (χ0) is 17.0. The SMILES string of the molecule is CCC(NCc1cc(F)ccc1F)c1cccc(S(N)(=O)=O)c1. The van der Waals surface area contributed by atoms with Crippen LogP contribution in [0.3, 0.4) is 0 Å². The molecular formula is C16H18F2N2O2S. The Labute approximate surface area is 134 Å². The van der Waals surface area contributed by atoms with E-state index >= 15 is 0 Å². The molecular weight excluding hydrogens is 322 g/mol. The average molecular weight is 340 g/mol. The van der Waals surface area contributed by atoms with Crippen molar-refractivity contribution in [3.63, 3.8) is 0 Å². The molecule has 0 radical (unpaired) electrons. The second-order valence-corrected chi connectivity index (χ2v) is 6.76. The zero-order valence-electron chi connectivity index (χ0n) is 12.6. The molecule has 3 N–H and O–H groups in total. The van der Waals surface area contributed by atoms with Crippen molar-refractivity contribution < 1.29 is 17.2 Å². The van der Waals surface area contributed by atoms with Gasteiger partial charge in [0.25, 0.3) is 0 Å². The van der Waals surface area contributed by atoms with Crippen molar-refractivity contribution >= 4 is 10.0 Å². The summed E-state index contributed by atoms with van der Waals surface area (Å²) in [6, 6.07) is 9.33. The van der Waals surface area contributed by atoms with E-state index in [1.807, 2.05) is 6.92 Å². The van der Waals surface area contributed by atoms with Gasteiger partial charge in [0.1, 0.15) is 11.6 Å². The topological polar surface area (TPSA) is 72.2 Å². The van der Waals surface area contributed by atoms with Gasteiger partial charge in [-0.3, -0.25) is 0 Å². The van der Waals surface area contributed by atoms with Crippen LogP contribution in [0.5, 0.6) is 0 Å². The maximum atomic E-state index is 13.6. The van der Waals surface area contributed by atoms with Gasteiger partial charge in [-0.25, -0.2) is 22.3 Å². The number of nitrogens with two attached hydrogens (primary N) is 1. The predicted octanol–water partition coefficient (Wildman–Crippen LogP) is 2.85. The highest BCUT2D eigenvalue weighted by atomic mass is 32.2. The second kappa shape index (κ2) is 7.16. The molecule has 1 unspecified atom stereocenters. The molecule has 0 aliphatic rings. The third-order valence-electron chi connectivity index (χ3n) is 3.54. The van der Waals surface area contributed by atoms with Crippen LogP contribution in [0.1, 0.15) is 30.5 Å². The molecule has 0 amide bonds. The average Bonchev–Trinajstić information content (AvgIpc) is 2.50. The van der Waals surface area contributed by atoms with Gasteiger partial charge in [0.15, 0.2) is 0 Å². The van der Waals surface area contributed by atoms with E-state index in [-0.39, 0.29) is 23.0 Å². The first-order chi connectivity index (χ1) is 10.8. The summed E-state index contributed by atoms with van der Waals surface area (Å²) in [4.78, 5) is 0.0205. The number of benzene rings is 2. The number of halogens is 2. The van der Waals surface area contributed by atoms with E-state index in [2.05, 4.69) is 5.32 Å². The first-order valence-corrected chi connectivity index (χ1v) is 8.66. The van der Waals surface area contributed by atoms with Crippen LogP contribution in [0, 0.1) is 11.6 Å². The van der Waals surface area contributed by atoms with Crippen molar-refractivity contribution in [2.75, 3.05) is 0 Å². The molecule has 0 heterocycles. The normalized spacial score (nSPS) is 13.0. The molecule has 2 rings (SSSR count). The summed E-state index contributed by atoms with van der Waals surface area (Å²) in [5.41, 5.74) is 0.932. The lowest BCUT2D eigenvalue weighted by Crippen LogP contribution is -2.21. The van der Waals surface area contributed by atoms with Crippen molar-refractivity contribution in [3.05, 3.63) is 65.2 Å². The Kier molecular flexibility index (Phi) is 5.46. The first-order valence-electron chi connectivity index (χ1n) is 7.11. The molecule has 0 bridgehead atoms. The third-order valence-corrected chi connectivity index (χ3v) is 4.45. The minimum atomic E-state index is -3.78. The van der Waals surface area contributed by atoms with E-state index < -0.39 is 21.7 Å². The Morgan fingerprint density at radius 3 is 2.57 bits per heavy atom. The Morgan fingerprint density at radius 2 is 1.91 bits per heavy atom. The molecule has 23 heavy (non-hydrogen) atoms. The molecule has 0 aliphatic heterocycles. The van der Waals surface area contributed by atoms with E-state index in [1.165, 1.54) is 12.1 Å². The lowest BCUT2D eigenvalue weighted by molar-refractivity contribution is 0.499. The summed E-state index contributed by atoms with van der Waals surface area (Å²) in [6.45, 7) is 2.03. The van der Waals surface area contributed by atoms with Gasteiger partial charge >= 0.3 is 0 Å². The number of nitrogens with one attached hydrogen (secondary N) is 1. The molecule has 4 nitrogen and oxygen atoms in total. The molecule has 1 atom stereocenters. The van der Waals surface area contributed by atoms with Crippen LogP contribution in [0.15, 0.2) is 47.4 Å². The first kappa shape index (κ1) is 17.5. The minimum Gasteiger partial charge on any atom is -0.306 e. The zero-order valence-corrected chi connectivity index (χ0v) is 13.4. The van der Waals surface area contributed by atoms with E-state index in [0.717, 1.165) is 23.8 Å². The Hall–Kier alpha value is -1.83. The fourth-order valence-corrected chi connectivity index (χ4v) is 2.89. The predicted molar refractivity (Wildman–Crippen MR) is 84.0 cm³/mol. The largest absolute Gasteiger partial charge is 0.306 e. The van der Waals surface area contributed by atoms with Crippen molar-refractivity contribution in [1.29, 1.82) is 0 Å². The number of hydrogen-bond donors (Lipinski definition) is 2. The van der Waals surface area contributed by atoms with Gasteiger partial charge in [0.2, 0.25) is 10.0 Å². The number of rotatable bonds is 6. The third kappa shape index (κ3) is 4.57. The Morgan fingerprint density at radius 1 is 1.17 bits per heavy atom. The van der Waals surface area contributed by atoms with Crippen molar-refractivity contribution in [1.82, 2.24) is 5.32 Å². The van der Waals surface area contributed by atoms with Gasteiger partial charge < -0.3 is 5.32 Å². The summed E-state index contributed by atoms with van der Waals surface area (Å²) >= 11 is 0. The number of primary sulfonamides is 1. The maximum absolute atomic E-state index is 13.6. The minimum absolute atomic E-state index is 0.0205.